The Balaban J connectivity index is 2.56. The molecule has 1 aliphatic heterocycles. The standard InChI is InChI=1S/C9H18N4O5S/c1-2-18-9(15)7(10)8(14)12-3-5-13(6-4-12)19(11,16)17/h7H,2-6,10H2,1H3,(H2,11,16,17). The first-order chi connectivity index (χ1) is 8.77. The highest BCUT2D eigenvalue weighted by Crippen LogP contribution is 2.06. The second kappa shape index (κ2) is 6.28. The lowest BCUT2D eigenvalue weighted by atomic mass is 10.2. The van der Waals surface area contributed by atoms with E-state index in [1.807, 2.05) is 0 Å². The third-order valence-electron chi connectivity index (χ3n) is 2.72. The highest BCUT2D eigenvalue weighted by Gasteiger charge is 2.32. The topological polar surface area (TPSA) is 136 Å². The van der Waals surface area contributed by atoms with Gasteiger partial charge in [0, 0.05) is 26.2 Å². The minimum absolute atomic E-state index is 0.0835. The molecule has 1 saturated heterocycles. The summed E-state index contributed by atoms with van der Waals surface area (Å²) in [6.07, 6.45) is 0. The van der Waals surface area contributed by atoms with Gasteiger partial charge >= 0.3 is 5.97 Å². The lowest BCUT2D eigenvalue weighted by Gasteiger charge is -2.33. The Bertz CT molecular complexity index is 444. The van der Waals surface area contributed by atoms with E-state index in [4.69, 9.17) is 10.9 Å². The molecule has 1 heterocycles. The summed E-state index contributed by atoms with van der Waals surface area (Å²) in [6, 6.07) is -1.37. The molecule has 1 atom stereocenters. The van der Waals surface area contributed by atoms with Crippen molar-refractivity contribution in [2.24, 2.45) is 10.9 Å². The van der Waals surface area contributed by atoms with Crippen molar-refractivity contribution in [1.82, 2.24) is 9.21 Å². The Labute approximate surface area is 111 Å². The minimum Gasteiger partial charge on any atom is -0.464 e. The molecule has 0 saturated carbocycles. The van der Waals surface area contributed by atoms with Crippen LogP contribution in [-0.2, 0) is 24.5 Å². The summed E-state index contributed by atoms with van der Waals surface area (Å²) < 4.78 is 27.9. The maximum atomic E-state index is 11.9. The number of hydrogen-bond donors (Lipinski definition) is 2. The summed E-state index contributed by atoms with van der Waals surface area (Å²) in [5.74, 6) is -1.37. The van der Waals surface area contributed by atoms with E-state index >= 15 is 0 Å². The van der Waals surface area contributed by atoms with Gasteiger partial charge in [-0.25, -0.2) is 9.93 Å². The van der Waals surface area contributed by atoms with E-state index in [0.717, 1.165) is 4.31 Å². The number of carbonyl (C=O) groups excluding carboxylic acids is 2. The second-order valence-corrected chi connectivity index (χ2v) is 5.55. The normalized spacial score (nSPS) is 19.0. The molecule has 1 unspecified atom stereocenters. The van der Waals surface area contributed by atoms with Crippen molar-refractivity contribution in [3.63, 3.8) is 0 Å². The van der Waals surface area contributed by atoms with E-state index in [-0.39, 0.29) is 32.8 Å². The Morgan fingerprint density at radius 2 is 1.79 bits per heavy atom. The van der Waals surface area contributed by atoms with E-state index in [2.05, 4.69) is 4.74 Å². The summed E-state index contributed by atoms with van der Waals surface area (Å²) in [6.45, 7) is 2.20. The molecule has 10 heteroatoms. The highest BCUT2D eigenvalue weighted by molar-refractivity contribution is 7.86. The van der Waals surface area contributed by atoms with Crippen LogP contribution < -0.4 is 10.9 Å². The zero-order valence-corrected chi connectivity index (χ0v) is 11.4. The van der Waals surface area contributed by atoms with Gasteiger partial charge in [0.1, 0.15) is 0 Å². The third kappa shape index (κ3) is 4.13. The first-order valence-corrected chi connectivity index (χ1v) is 7.26. The van der Waals surface area contributed by atoms with Crippen molar-refractivity contribution in [2.75, 3.05) is 32.8 Å². The predicted molar refractivity (Wildman–Crippen MR) is 65.9 cm³/mol. The third-order valence-corrected chi connectivity index (χ3v) is 3.80. The van der Waals surface area contributed by atoms with E-state index in [1.165, 1.54) is 4.90 Å². The molecular weight excluding hydrogens is 276 g/mol. The molecule has 0 radical (unpaired) electrons. The number of carbonyl (C=O) groups is 2. The summed E-state index contributed by atoms with van der Waals surface area (Å²) in [5.41, 5.74) is 5.48. The van der Waals surface area contributed by atoms with Crippen LogP contribution in [0.15, 0.2) is 0 Å². The smallest absolute Gasteiger partial charge is 0.332 e. The zero-order valence-electron chi connectivity index (χ0n) is 10.6. The number of ether oxygens (including phenoxy) is 1. The molecule has 9 nitrogen and oxygen atoms in total. The molecule has 4 N–H and O–H groups in total. The van der Waals surface area contributed by atoms with E-state index in [9.17, 15) is 18.0 Å². The first kappa shape index (κ1) is 15.8. The highest BCUT2D eigenvalue weighted by atomic mass is 32.2. The van der Waals surface area contributed by atoms with Gasteiger partial charge in [-0.3, -0.25) is 4.79 Å². The van der Waals surface area contributed by atoms with Crippen molar-refractivity contribution in [1.29, 1.82) is 0 Å². The van der Waals surface area contributed by atoms with Crippen LogP contribution in [0, 0.1) is 0 Å². The van der Waals surface area contributed by atoms with Crippen molar-refractivity contribution in [3.8, 4) is 0 Å². The first-order valence-electron chi connectivity index (χ1n) is 5.76. The molecule has 1 amide bonds. The van der Waals surface area contributed by atoms with Crippen molar-refractivity contribution >= 4 is 22.1 Å². The number of nitrogens with zero attached hydrogens (tertiary/aromatic N) is 2. The molecule has 1 aliphatic rings. The Morgan fingerprint density at radius 3 is 2.21 bits per heavy atom. The average Bonchev–Trinajstić information content (AvgIpc) is 2.36. The van der Waals surface area contributed by atoms with Crippen LogP contribution >= 0.6 is 0 Å². The molecule has 1 rings (SSSR count). The van der Waals surface area contributed by atoms with E-state index in [1.54, 1.807) is 6.92 Å². The average molecular weight is 294 g/mol. The second-order valence-electron chi connectivity index (χ2n) is 4.00. The fourth-order valence-corrected chi connectivity index (χ4v) is 2.36. The van der Waals surface area contributed by atoms with Crippen LogP contribution in [0.25, 0.3) is 0 Å². The quantitative estimate of drug-likeness (QED) is 0.425. The maximum Gasteiger partial charge on any atom is 0.332 e. The molecule has 0 aliphatic carbocycles. The van der Waals surface area contributed by atoms with Crippen molar-refractivity contribution < 1.29 is 22.7 Å². The molecule has 0 bridgehead atoms. The van der Waals surface area contributed by atoms with E-state index in [0.29, 0.717) is 0 Å². The summed E-state index contributed by atoms with van der Waals surface area (Å²) >= 11 is 0. The Kier molecular flexibility index (Phi) is 5.23. The summed E-state index contributed by atoms with van der Waals surface area (Å²) in [5, 5.41) is 4.98. The van der Waals surface area contributed by atoms with Crippen LogP contribution in [0.2, 0.25) is 0 Å². The number of piperazine rings is 1. The van der Waals surface area contributed by atoms with Gasteiger partial charge in [-0.15, -0.1) is 0 Å². The van der Waals surface area contributed by atoms with Crippen molar-refractivity contribution in [2.45, 2.75) is 13.0 Å². The lowest BCUT2D eigenvalue weighted by molar-refractivity contribution is -0.151. The Hall–Kier alpha value is -1.23. The summed E-state index contributed by atoms with van der Waals surface area (Å²) in [7, 11) is -3.75. The van der Waals surface area contributed by atoms with Gasteiger partial charge in [-0.1, -0.05) is 0 Å². The number of hydrogen-bond acceptors (Lipinski definition) is 6. The van der Waals surface area contributed by atoms with Crippen LogP contribution in [0.4, 0.5) is 0 Å². The molecule has 110 valence electrons. The van der Waals surface area contributed by atoms with Gasteiger partial charge in [-0.05, 0) is 6.92 Å². The van der Waals surface area contributed by atoms with Gasteiger partial charge in [0.15, 0.2) is 6.04 Å². The van der Waals surface area contributed by atoms with Gasteiger partial charge < -0.3 is 15.4 Å². The molecule has 0 spiro atoms. The molecule has 0 aromatic carbocycles. The van der Waals surface area contributed by atoms with Crippen LogP contribution in [0.3, 0.4) is 0 Å². The Morgan fingerprint density at radius 1 is 1.26 bits per heavy atom. The van der Waals surface area contributed by atoms with Crippen LogP contribution in [0.5, 0.6) is 0 Å². The van der Waals surface area contributed by atoms with E-state index < -0.39 is 28.1 Å². The van der Waals surface area contributed by atoms with Gasteiger partial charge in [0.2, 0.25) is 0 Å². The number of esters is 1. The predicted octanol–water partition coefficient (Wildman–Crippen LogP) is -2.78. The van der Waals surface area contributed by atoms with Crippen LogP contribution in [-0.4, -0.2) is 68.3 Å². The number of amides is 1. The number of rotatable bonds is 4. The maximum absolute atomic E-state index is 11.9. The largest absolute Gasteiger partial charge is 0.464 e. The summed E-state index contributed by atoms with van der Waals surface area (Å²) in [4.78, 5) is 24.5. The molecule has 0 aromatic heterocycles. The number of nitrogens with two attached hydrogens (primary N) is 2. The lowest BCUT2D eigenvalue weighted by Crippen LogP contribution is -2.57. The zero-order chi connectivity index (χ0) is 14.6. The van der Waals surface area contributed by atoms with Gasteiger partial charge in [-0.2, -0.15) is 12.7 Å². The molecule has 1 fully saturated rings. The van der Waals surface area contributed by atoms with Crippen LogP contribution in [0.1, 0.15) is 6.92 Å². The van der Waals surface area contributed by atoms with Gasteiger partial charge in [0.05, 0.1) is 6.61 Å². The van der Waals surface area contributed by atoms with Crippen molar-refractivity contribution in [3.05, 3.63) is 0 Å². The molecular formula is C9H18N4O5S. The monoisotopic (exact) mass is 294 g/mol. The molecule has 19 heavy (non-hydrogen) atoms. The fraction of sp³-hybridized carbons (Fsp3) is 0.778. The van der Waals surface area contributed by atoms with Gasteiger partial charge in [0.25, 0.3) is 16.1 Å². The minimum atomic E-state index is -3.75. The fourth-order valence-electron chi connectivity index (χ4n) is 1.69. The molecule has 0 aromatic rings. The SMILES string of the molecule is CCOC(=O)C(N)C(=O)N1CCN(S(N)(=O)=O)CC1.